The first-order valence-corrected chi connectivity index (χ1v) is 42.8. The van der Waals surface area contributed by atoms with Crippen molar-refractivity contribution in [3.63, 3.8) is 0 Å². The molecule has 0 aliphatic heterocycles. The van der Waals surface area contributed by atoms with Gasteiger partial charge in [-0.25, -0.2) is 9.13 Å². The Balaban J connectivity index is 4.64. The second-order valence-electron chi connectivity index (χ2n) is 26.1. The quantitative estimate of drug-likeness (QED) is 0.0146. The van der Waals surface area contributed by atoms with E-state index in [0.29, 0.717) is 19.3 Å². The topological polar surface area (TPSA) is 231 Å². The van der Waals surface area contributed by atoms with Crippen molar-refractivity contribution in [2.24, 2.45) is 0 Å². The van der Waals surface area contributed by atoms with E-state index in [-0.39, 0.29) is 19.3 Å². The van der Waals surface area contributed by atoms with Crippen LogP contribution in [0.25, 0.3) is 0 Å². The normalized spacial score (nSPS) is 14.8. The SMILES string of the molecule is CC/C=C\C/C=C\C/C=C\C/C=C\C/C=C\C/C=C\CCCCCCC(=O)OCC(COP(=O)(O)OCC(O)COP(=O)(O)OCC(O)COC(=O)CCCCCCCCCCCCC/C=C\C/C=C\C/C=C\C/C=C\CCCCC)OC(=O)CCCCCCCCC/C=C\C/C=C\C/C=C\CC. The molecular weight excluding hydrogens is 1340 g/mol. The lowest BCUT2D eigenvalue weighted by atomic mass is 10.0. The lowest BCUT2D eigenvalue weighted by Gasteiger charge is -2.21. The van der Waals surface area contributed by atoms with E-state index < -0.39 is 91.5 Å². The third-order valence-electron chi connectivity index (χ3n) is 16.2. The average Bonchev–Trinajstić information content (AvgIpc) is 0.918. The lowest BCUT2D eigenvalue weighted by molar-refractivity contribution is -0.161. The summed E-state index contributed by atoms with van der Waals surface area (Å²) >= 11 is 0. The van der Waals surface area contributed by atoms with Crippen molar-refractivity contribution < 1.29 is 75.8 Å². The molecule has 0 aliphatic carbocycles. The van der Waals surface area contributed by atoms with Gasteiger partial charge in [-0.3, -0.25) is 32.5 Å². The highest BCUT2D eigenvalue weighted by Gasteiger charge is 2.29. The highest BCUT2D eigenvalue weighted by molar-refractivity contribution is 7.47. The third-order valence-corrected chi connectivity index (χ3v) is 18.1. The summed E-state index contributed by atoms with van der Waals surface area (Å²) in [6.07, 6.45) is 95.7. The first-order valence-electron chi connectivity index (χ1n) is 39.8. The molecule has 0 saturated heterocycles. The molecule has 0 amide bonds. The van der Waals surface area contributed by atoms with Gasteiger partial charge >= 0.3 is 33.6 Å². The van der Waals surface area contributed by atoms with Gasteiger partial charge in [-0.1, -0.05) is 294 Å². The Bertz CT molecular complexity index is 2500. The summed E-state index contributed by atoms with van der Waals surface area (Å²) in [4.78, 5) is 58.7. The molecule has 0 aromatic heterocycles. The molecule has 0 heterocycles. The molecule has 0 radical (unpaired) electrons. The number of rotatable bonds is 74. The van der Waals surface area contributed by atoms with Crippen LogP contribution in [0.3, 0.4) is 0 Å². The second-order valence-corrected chi connectivity index (χ2v) is 29.0. The van der Waals surface area contributed by atoms with Crippen LogP contribution in [-0.4, -0.2) is 95.9 Å². The summed E-state index contributed by atoms with van der Waals surface area (Å²) in [5.74, 6) is -1.62. The molecule has 0 saturated carbocycles. The fraction of sp³-hybridized carbons (Fsp3) is 0.659. The van der Waals surface area contributed by atoms with E-state index in [1.807, 2.05) is 0 Å². The van der Waals surface area contributed by atoms with Crippen molar-refractivity contribution in [2.45, 2.75) is 322 Å². The van der Waals surface area contributed by atoms with Crippen molar-refractivity contribution in [3.05, 3.63) is 158 Å². The van der Waals surface area contributed by atoms with Crippen LogP contribution in [0, 0.1) is 0 Å². The molecule has 0 aliphatic rings. The van der Waals surface area contributed by atoms with Gasteiger partial charge < -0.3 is 34.2 Å². The maximum atomic E-state index is 13.0. The molecule has 5 atom stereocenters. The van der Waals surface area contributed by atoms with Gasteiger partial charge in [0.25, 0.3) is 0 Å². The molecule has 0 bridgehead atoms. The van der Waals surface area contributed by atoms with Gasteiger partial charge in [0.1, 0.15) is 25.4 Å². The van der Waals surface area contributed by atoms with Crippen molar-refractivity contribution in [2.75, 3.05) is 39.6 Å². The predicted octanol–water partition coefficient (Wildman–Crippen LogP) is 23.4. The number of carbonyl (C=O) groups is 3. The van der Waals surface area contributed by atoms with Gasteiger partial charge in [0.05, 0.1) is 26.4 Å². The van der Waals surface area contributed by atoms with Gasteiger partial charge in [0, 0.05) is 19.3 Å². The van der Waals surface area contributed by atoms with Crippen LogP contribution in [0.4, 0.5) is 0 Å². The van der Waals surface area contributed by atoms with E-state index in [0.717, 1.165) is 173 Å². The molecule has 588 valence electrons. The average molecular weight is 1480 g/mol. The Kier molecular flexibility index (Phi) is 73.2. The van der Waals surface area contributed by atoms with E-state index in [9.17, 15) is 43.5 Å². The van der Waals surface area contributed by atoms with Crippen molar-refractivity contribution >= 4 is 33.6 Å². The molecule has 103 heavy (non-hydrogen) atoms. The fourth-order valence-corrected chi connectivity index (χ4v) is 11.8. The van der Waals surface area contributed by atoms with Crippen LogP contribution in [0.2, 0.25) is 0 Å². The third kappa shape index (κ3) is 78.1. The standard InChI is InChI=1S/C85H142O16P2/c1-4-7-10-13-16-19-22-25-28-31-33-35-37-38-39-40-42-44-45-48-50-53-56-59-62-65-68-71-83(88)95-74-80(86)75-97-102(91,92)98-76-81(87)77-99-103(93,94)100-79-82(101-85(90)73-70-67-64-61-58-55-52-47-30-27-24-21-18-15-12-9-6-3)78-96-84(89)72-69-66-63-60-57-54-51-49-46-43-41-36-34-32-29-26-23-20-17-14-11-8-5-2/h8-9,11-12,16-21,25-30,33-36,38-39,43,46,51,54,80-82,86-87H,4-7,10,13-15,22-24,31-32,37,40-42,44-45,47-50,52-53,55-79H2,1-3H3,(H,91,92)(H,93,94)/b11-8-,12-9-,19-16-,20-17-,21-18-,28-25-,29-26-,30-27-,35-33-,36-34-,39-38-,46-43-,54-51-. The lowest BCUT2D eigenvalue weighted by Crippen LogP contribution is -2.30. The van der Waals surface area contributed by atoms with Crippen LogP contribution in [0.1, 0.15) is 303 Å². The fourth-order valence-electron chi connectivity index (χ4n) is 10.2. The summed E-state index contributed by atoms with van der Waals surface area (Å²) < 4.78 is 61.2. The Morgan fingerprint density at radius 1 is 0.282 bits per heavy atom. The number of phosphoric ester groups is 2. The van der Waals surface area contributed by atoms with Gasteiger partial charge in [-0.15, -0.1) is 0 Å². The molecule has 0 rings (SSSR count). The Labute approximate surface area is 625 Å². The molecule has 5 unspecified atom stereocenters. The smallest absolute Gasteiger partial charge is 0.463 e. The number of hydrogen-bond acceptors (Lipinski definition) is 14. The van der Waals surface area contributed by atoms with Crippen molar-refractivity contribution in [3.8, 4) is 0 Å². The van der Waals surface area contributed by atoms with Crippen molar-refractivity contribution in [1.29, 1.82) is 0 Å². The van der Waals surface area contributed by atoms with Gasteiger partial charge in [-0.2, -0.15) is 0 Å². The van der Waals surface area contributed by atoms with Crippen LogP contribution >= 0.6 is 15.6 Å². The molecule has 0 aromatic rings. The molecule has 0 aromatic carbocycles. The number of phosphoric acid groups is 2. The minimum atomic E-state index is -4.95. The maximum absolute atomic E-state index is 13.0. The number of carbonyl (C=O) groups excluding carboxylic acids is 3. The van der Waals surface area contributed by atoms with Crippen LogP contribution in [0.5, 0.6) is 0 Å². The van der Waals surface area contributed by atoms with Crippen LogP contribution in [0.15, 0.2) is 158 Å². The zero-order valence-corrected chi connectivity index (χ0v) is 66.0. The highest BCUT2D eigenvalue weighted by Crippen LogP contribution is 2.45. The first-order chi connectivity index (χ1) is 50.2. The number of esters is 3. The molecule has 0 fully saturated rings. The molecule has 18 heteroatoms. The number of ether oxygens (including phenoxy) is 3. The Hall–Kier alpha value is -4.83. The number of aliphatic hydroxyl groups is 2. The minimum absolute atomic E-state index is 0.0817. The van der Waals surface area contributed by atoms with Gasteiger partial charge in [0.15, 0.2) is 6.10 Å². The summed E-state index contributed by atoms with van der Waals surface area (Å²) in [6, 6.07) is 0. The monoisotopic (exact) mass is 1480 g/mol. The minimum Gasteiger partial charge on any atom is -0.463 e. The van der Waals surface area contributed by atoms with Gasteiger partial charge in [-0.05, 0) is 148 Å². The summed E-state index contributed by atoms with van der Waals surface area (Å²) in [6.45, 7) is 2.38. The Morgan fingerprint density at radius 3 is 0.816 bits per heavy atom. The summed E-state index contributed by atoms with van der Waals surface area (Å²) in [5.41, 5.74) is 0. The van der Waals surface area contributed by atoms with E-state index in [2.05, 4.69) is 179 Å². The number of allylic oxidation sites excluding steroid dienone is 26. The maximum Gasteiger partial charge on any atom is 0.472 e. The second kappa shape index (κ2) is 76.8. The number of aliphatic hydroxyl groups excluding tert-OH is 2. The number of unbranched alkanes of at least 4 members (excludes halogenated alkanes) is 25. The summed E-state index contributed by atoms with van der Waals surface area (Å²) in [5, 5.41) is 20.6. The predicted molar refractivity (Wildman–Crippen MR) is 426 cm³/mol. The van der Waals surface area contributed by atoms with E-state index in [4.69, 9.17) is 32.3 Å². The van der Waals surface area contributed by atoms with E-state index in [1.165, 1.54) is 70.6 Å². The van der Waals surface area contributed by atoms with Crippen LogP contribution < -0.4 is 0 Å². The molecule has 16 nitrogen and oxygen atoms in total. The molecule has 0 spiro atoms. The van der Waals surface area contributed by atoms with E-state index >= 15 is 0 Å². The zero-order valence-electron chi connectivity index (χ0n) is 64.2. The van der Waals surface area contributed by atoms with E-state index in [1.54, 1.807) is 0 Å². The molecule has 4 N–H and O–H groups in total. The van der Waals surface area contributed by atoms with Crippen LogP contribution in [-0.2, 0) is 55.8 Å². The highest BCUT2D eigenvalue weighted by atomic mass is 31.2. The first kappa shape index (κ1) is 98.2. The Morgan fingerprint density at radius 2 is 0.515 bits per heavy atom. The van der Waals surface area contributed by atoms with Gasteiger partial charge in [0.2, 0.25) is 0 Å². The zero-order chi connectivity index (χ0) is 75.2. The largest absolute Gasteiger partial charge is 0.472 e. The van der Waals surface area contributed by atoms with Crippen molar-refractivity contribution in [1.82, 2.24) is 0 Å². The number of hydrogen-bond donors (Lipinski definition) is 4. The summed E-state index contributed by atoms with van der Waals surface area (Å²) in [7, 11) is -9.81. The molecular formula is C85H142O16P2.